The maximum absolute atomic E-state index is 12.7. The third kappa shape index (κ3) is 10.9. The van der Waals surface area contributed by atoms with Gasteiger partial charge >= 0.3 is 0 Å². The van der Waals surface area contributed by atoms with Crippen molar-refractivity contribution in [2.24, 2.45) is 0 Å². The highest BCUT2D eigenvalue weighted by Crippen LogP contribution is 2.18. The molecule has 0 bridgehead atoms. The molecule has 1 aliphatic rings. The van der Waals surface area contributed by atoms with E-state index in [4.69, 9.17) is 4.74 Å². The van der Waals surface area contributed by atoms with E-state index in [0.717, 1.165) is 56.9 Å². The molecule has 1 heterocycles. The standard InChI is InChI=1S/C29H47N3O3/c1-4-6-7-8-9-10-18-29(34)32-24-21-30(22-25-32)20-23-31(28(33)14-5-2)19-13-16-26-15-11-12-17-27(26)35-3/h11-13,15-17H,4-10,14,18-25H2,1-3H3/b16-13+. The lowest BCUT2D eigenvalue weighted by atomic mass is 10.1. The molecule has 2 amide bonds. The fourth-order valence-corrected chi connectivity index (χ4v) is 4.50. The molecule has 6 heteroatoms. The number of amides is 2. The van der Waals surface area contributed by atoms with Crippen LogP contribution >= 0.6 is 0 Å². The molecular weight excluding hydrogens is 438 g/mol. The largest absolute Gasteiger partial charge is 0.496 e. The lowest BCUT2D eigenvalue weighted by Crippen LogP contribution is -2.50. The Bertz CT molecular complexity index is 772. The van der Waals surface area contributed by atoms with E-state index in [0.29, 0.717) is 31.8 Å². The van der Waals surface area contributed by atoms with E-state index in [1.165, 1.54) is 32.1 Å². The number of nitrogens with zero attached hydrogens (tertiary/aromatic N) is 3. The van der Waals surface area contributed by atoms with Crippen molar-refractivity contribution in [3.63, 3.8) is 0 Å². The van der Waals surface area contributed by atoms with Gasteiger partial charge in [0.15, 0.2) is 0 Å². The van der Waals surface area contributed by atoms with Crippen LogP contribution in [0.5, 0.6) is 5.75 Å². The molecule has 35 heavy (non-hydrogen) atoms. The molecule has 0 unspecified atom stereocenters. The Balaban J connectivity index is 1.75. The summed E-state index contributed by atoms with van der Waals surface area (Å²) in [5, 5.41) is 0. The molecule has 0 N–H and O–H groups in total. The number of carbonyl (C=O) groups is 2. The maximum Gasteiger partial charge on any atom is 0.222 e. The van der Waals surface area contributed by atoms with Gasteiger partial charge in [0, 0.05) is 64.2 Å². The average Bonchev–Trinajstić information content (AvgIpc) is 2.88. The third-order valence-electron chi connectivity index (χ3n) is 6.73. The summed E-state index contributed by atoms with van der Waals surface area (Å²) in [4.78, 5) is 31.6. The fourth-order valence-electron chi connectivity index (χ4n) is 4.50. The quantitative estimate of drug-likeness (QED) is 0.301. The van der Waals surface area contributed by atoms with Crippen molar-refractivity contribution in [3.05, 3.63) is 35.9 Å². The van der Waals surface area contributed by atoms with E-state index in [1.807, 2.05) is 53.1 Å². The van der Waals surface area contributed by atoms with Gasteiger partial charge in [0.05, 0.1) is 7.11 Å². The SMILES string of the molecule is CCCCCCCCC(=O)N1CCN(CCN(C/C=C/c2ccccc2OC)C(=O)CCC)CC1. The van der Waals surface area contributed by atoms with Crippen LogP contribution in [0.25, 0.3) is 6.08 Å². The van der Waals surface area contributed by atoms with E-state index >= 15 is 0 Å². The first kappa shape index (κ1) is 28.9. The molecule has 2 rings (SSSR count). The predicted octanol–water partition coefficient (Wildman–Crippen LogP) is 5.23. The predicted molar refractivity (Wildman–Crippen MR) is 145 cm³/mol. The monoisotopic (exact) mass is 485 g/mol. The van der Waals surface area contributed by atoms with Gasteiger partial charge in [0.2, 0.25) is 11.8 Å². The number of benzene rings is 1. The fraction of sp³-hybridized carbons (Fsp3) is 0.655. The zero-order valence-corrected chi connectivity index (χ0v) is 22.3. The van der Waals surface area contributed by atoms with Crippen LogP contribution in [0.3, 0.4) is 0 Å². The summed E-state index contributed by atoms with van der Waals surface area (Å²) in [6.07, 6.45) is 13.5. The van der Waals surface area contributed by atoms with Crippen molar-refractivity contribution < 1.29 is 14.3 Å². The van der Waals surface area contributed by atoms with E-state index < -0.39 is 0 Å². The second-order valence-electron chi connectivity index (χ2n) is 9.47. The smallest absolute Gasteiger partial charge is 0.222 e. The molecule has 0 spiro atoms. The Labute approximate surface area is 213 Å². The van der Waals surface area contributed by atoms with Crippen LogP contribution in [-0.2, 0) is 9.59 Å². The Morgan fingerprint density at radius 2 is 1.66 bits per heavy atom. The van der Waals surface area contributed by atoms with Gasteiger partial charge in [-0.2, -0.15) is 0 Å². The van der Waals surface area contributed by atoms with E-state index in [2.05, 4.69) is 11.8 Å². The first-order chi connectivity index (χ1) is 17.1. The van der Waals surface area contributed by atoms with Gasteiger partial charge in [-0.05, 0) is 18.9 Å². The second kappa shape index (κ2) is 17.1. The molecule has 1 aromatic rings. The summed E-state index contributed by atoms with van der Waals surface area (Å²) in [5.74, 6) is 1.34. The minimum absolute atomic E-state index is 0.199. The normalized spacial score (nSPS) is 14.4. The number of unbranched alkanes of at least 4 members (excludes halogenated alkanes) is 5. The van der Waals surface area contributed by atoms with Crippen LogP contribution in [-0.4, -0.2) is 79.4 Å². The Kier molecular flexibility index (Phi) is 14.2. The molecule has 0 atom stereocenters. The first-order valence-electron chi connectivity index (χ1n) is 13.7. The summed E-state index contributed by atoms with van der Waals surface area (Å²) in [6, 6.07) is 7.90. The molecule has 1 aliphatic heterocycles. The average molecular weight is 486 g/mol. The molecule has 0 saturated carbocycles. The highest BCUT2D eigenvalue weighted by molar-refractivity contribution is 5.77. The molecule has 196 valence electrons. The number of piperazine rings is 1. The van der Waals surface area contributed by atoms with E-state index in [9.17, 15) is 9.59 Å². The lowest BCUT2D eigenvalue weighted by molar-refractivity contribution is -0.133. The van der Waals surface area contributed by atoms with Crippen LogP contribution in [0.15, 0.2) is 30.3 Å². The summed E-state index contributed by atoms with van der Waals surface area (Å²) >= 11 is 0. The van der Waals surface area contributed by atoms with E-state index in [-0.39, 0.29) is 5.91 Å². The van der Waals surface area contributed by atoms with Gasteiger partial charge < -0.3 is 14.5 Å². The Hall–Kier alpha value is -2.34. The van der Waals surface area contributed by atoms with Crippen molar-refractivity contribution in [1.82, 2.24) is 14.7 Å². The van der Waals surface area contributed by atoms with Crippen LogP contribution in [0.4, 0.5) is 0 Å². The second-order valence-corrected chi connectivity index (χ2v) is 9.47. The van der Waals surface area contributed by atoms with Gasteiger partial charge in [-0.3, -0.25) is 14.5 Å². The zero-order chi connectivity index (χ0) is 25.3. The van der Waals surface area contributed by atoms with Crippen molar-refractivity contribution in [2.45, 2.75) is 71.6 Å². The van der Waals surface area contributed by atoms with Crippen LogP contribution < -0.4 is 4.74 Å². The molecule has 6 nitrogen and oxygen atoms in total. The number of para-hydroxylation sites is 1. The van der Waals surface area contributed by atoms with Crippen LogP contribution in [0, 0.1) is 0 Å². The zero-order valence-electron chi connectivity index (χ0n) is 22.3. The molecule has 0 radical (unpaired) electrons. The topological polar surface area (TPSA) is 53.1 Å². The lowest BCUT2D eigenvalue weighted by Gasteiger charge is -2.36. The van der Waals surface area contributed by atoms with Crippen molar-refractivity contribution in [1.29, 1.82) is 0 Å². The highest BCUT2D eigenvalue weighted by atomic mass is 16.5. The number of rotatable bonds is 16. The van der Waals surface area contributed by atoms with Crippen molar-refractivity contribution in [2.75, 3.05) is 52.9 Å². The Morgan fingerprint density at radius 3 is 2.37 bits per heavy atom. The van der Waals surface area contributed by atoms with Crippen molar-refractivity contribution in [3.8, 4) is 5.75 Å². The first-order valence-corrected chi connectivity index (χ1v) is 13.7. The molecule has 1 aromatic carbocycles. The maximum atomic E-state index is 12.7. The van der Waals surface area contributed by atoms with Gasteiger partial charge in [0.25, 0.3) is 0 Å². The van der Waals surface area contributed by atoms with E-state index in [1.54, 1.807) is 7.11 Å². The molecular formula is C29H47N3O3. The molecule has 0 aliphatic carbocycles. The van der Waals surface area contributed by atoms with Crippen LogP contribution in [0.1, 0.15) is 77.2 Å². The highest BCUT2D eigenvalue weighted by Gasteiger charge is 2.21. The number of methoxy groups -OCH3 is 1. The van der Waals surface area contributed by atoms with Gasteiger partial charge in [0.1, 0.15) is 5.75 Å². The molecule has 1 fully saturated rings. The number of ether oxygens (including phenoxy) is 1. The summed E-state index contributed by atoms with van der Waals surface area (Å²) in [6.45, 7) is 9.78. The number of carbonyl (C=O) groups excluding carboxylic acids is 2. The minimum Gasteiger partial charge on any atom is -0.496 e. The Morgan fingerprint density at radius 1 is 0.943 bits per heavy atom. The summed E-state index contributed by atoms with van der Waals surface area (Å²) < 4.78 is 5.42. The van der Waals surface area contributed by atoms with Crippen molar-refractivity contribution >= 4 is 17.9 Å². The number of hydrogen-bond acceptors (Lipinski definition) is 4. The van der Waals surface area contributed by atoms with Crippen LogP contribution in [0.2, 0.25) is 0 Å². The molecule has 1 saturated heterocycles. The number of hydrogen-bond donors (Lipinski definition) is 0. The molecule has 0 aromatic heterocycles. The summed E-state index contributed by atoms with van der Waals surface area (Å²) in [7, 11) is 1.67. The minimum atomic E-state index is 0.199. The van der Waals surface area contributed by atoms with Gasteiger partial charge in [-0.1, -0.05) is 76.3 Å². The summed E-state index contributed by atoms with van der Waals surface area (Å²) in [5.41, 5.74) is 1.01. The van der Waals surface area contributed by atoms with Gasteiger partial charge in [-0.15, -0.1) is 0 Å². The third-order valence-corrected chi connectivity index (χ3v) is 6.73. The van der Waals surface area contributed by atoms with Gasteiger partial charge in [-0.25, -0.2) is 0 Å².